The third kappa shape index (κ3) is 4.23. The van der Waals surface area contributed by atoms with Gasteiger partial charge in [-0.25, -0.2) is 18.0 Å². The Morgan fingerprint density at radius 2 is 1.90 bits per heavy atom. The van der Waals surface area contributed by atoms with Gasteiger partial charge >= 0.3 is 5.69 Å². The minimum absolute atomic E-state index is 0.0680. The van der Waals surface area contributed by atoms with Crippen molar-refractivity contribution in [3.63, 3.8) is 0 Å². The zero-order valence-corrected chi connectivity index (χ0v) is 17.9. The lowest BCUT2D eigenvalue weighted by Gasteiger charge is -2.23. The summed E-state index contributed by atoms with van der Waals surface area (Å²) in [7, 11) is -2.52. The van der Waals surface area contributed by atoms with Gasteiger partial charge in [0.1, 0.15) is 6.17 Å². The number of allylic oxidation sites excluding steroid dienone is 2. The first kappa shape index (κ1) is 20.8. The number of nitrogens with one attached hydrogen (secondary N) is 3. The molecule has 31 heavy (non-hydrogen) atoms. The molecule has 2 heterocycles. The summed E-state index contributed by atoms with van der Waals surface area (Å²) in [6.45, 7) is 2.16. The molecular weight excluding hydrogens is 416 g/mol. The molecule has 0 fully saturated rings. The van der Waals surface area contributed by atoms with Crippen molar-refractivity contribution in [1.29, 1.82) is 0 Å². The van der Waals surface area contributed by atoms with Gasteiger partial charge in [-0.15, -0.1) is 0 Å². The van der Waals surface area contributed by atoms with E-state index in [1.54, 1.807) is 0 Å². The van der Waals surface area contributed by atoms with Crippen molar-refractivity contribution < 1.29 is 18.2 Å². The molecule has 2 aliphatic rings. The summed E-state index contributed by atoms with van der Waals surface area (Å²) in [5.41, 5.74) is 5.34. The molecule has 1 unspecified atom stereocenters. The van der Waals surface area contributed by atoms with Crippen molar-refractivity contribution in [3.8, 4) is 0 Å². The lowest BCUT2D eigenvalue weighted by molar-refractivity contribution is -0.736. The molecule has 0 amide bonds. The van der Waals surface area contributed by atoms with Crippen LogP contribution in [0.1, 0.15) is 11.1 Å². The van der Waals surface area contributed by atoms with Crippen LogP contribution >= 0.6 is 0 Å². The van der Waals surface area contributed by atoms with Crippen molar-refractivity contribution in [2.75, 3.05) is 13.7 Å². The van der Waals surface area contributed by atoms with Gasteiger partial charge in [0, 0.05) is 30.5 Å². The van der Waals surface area contributed by atoms with E-state index < -0.39 is 10.0 Å². The number of hydrogen-bond acceptors (Lipinski definition) is 6. The molecule has 0 aromatic heterocycles. The van der Waals surface area contributed by atoms with Gasteiger partial charge in [0.25, 0.3) is 4.92 Å². The summed E-state index contributed by atoms with van der Waals surface area (Å²) in [5.74, 6) is 0. The maximum absolute atomic E-state index is 12.8. The van der Waals surface area contributed by atoms with E-state index in [1.807, 2.05) is 43.6 Å². The van der Waals surface area contributed by atoms with Crippen LogP contribution < -0.4 is 15.4 Å². The fourth-order valence-corrected chi connectivity index (χ4v) is 4.63. The summed E-state index contributed by atoms with van der Waals surface area (Å²) in [4.78, 5) is 16.4. The van der Waals surface area contributed by atoms with Gasteiger partial charge in [0.05, 0.1) is 9.80 Å². The molecule has 9 heteroatoms. The van der Waals surface area contributed by atoms with Crippen molar-refractivity contribution in [3.05, 3.63) is 94.2 Å². The second kappa shape index (κ2) is 8.37. The highest BCUT2D eigenvalue weighted by molar-refractivity contribution is 7.89. The fraction of sp³-hybridized carbons (Fsp3) is 0.182. The molecule has 2 aliphatic heterocycles. The summed E-state index contributed by atoms with van der Waals surface area (Å²) in [6.07, 6.45) is 5.60. The van der Waals surface area contributed by atoms with E-state index in [-0.39, 0.29) is 23.3 Å². The maximum Gasteiger partial charge on any atom is 0.316 e. The number of fused-ring (bicyclic) bond motifs is 1. The average Bonchev–Trinajstić information content (AvgIpc) is 3.20. The van der Waals surface area contributed by atoms with Crippen LogP contribution in [0.25, 0.3) is 5.57 Å². The topological polar surface area (TPSA) is 99.5 Å². The molecule has 0 radical (unpaired) electrons. The van der Waals surface area contributed by atoms with Crippen molar-refractivity contribution >= 4 is 21.3 Å². The number of benzene rings is 2. The normalized spacial score (nSPS) is 17.5. The van der Waals surface area contributed by atoms with Crippen LogP contribution in [0.3, 0.4) is 0 Å². The molecule has 0 bridgehead atoms. The highest BCUT2D eigenvalue weighted by atomic mass is 32.2. The van der Waals surface area contributed by atoms with Gasteiger partial charge in [-0.05, 0) is 48.0 Å². The van der Waals surface area contributed by atoms with E-state index in [1.165, 1.54) is 31.4 Å². The fourth-order valence-electron chi connectivity index (χ4n) is 3.63. The van der Waals surface area contributed by atoms with E-state index in [9.17, 15) is 13.3 Å². The van der Waals surface area contributed by atoms with Gasteiger partial charge in [-0.2, -0.15) is 0 Å². The molecular formula is C22H23N4O4S+. The van der Waals surface area contributed by atoms with Crippen LogP contribution in [0.4, 0.5) is 5.69 Å². The third-order valence-electron chi connectivity index (χ3n) is 5.17. The Labute approximate surface area is 180 Å². The van der Waals surface area contributed by atoms with Crippen molar-refractivity contribution in [2.45, 2.75) is 18.0 Å². The SMILES string of the molecule is CO[N+](=O)c1ccc(S(=O)(=O)NCC2=CNC3NC=CC(c4cccc(C)c4)=C23)cc1. The first-order chi connectivity index (χ1) is 14.9. The molecule has 4 rings (SSSR count). The number of hydrogen-bond donors (Lipinski definition) is 3. The number of sulfonamides is 1. The molecule has 8 nitrogen and oxygen atoms in total. The minimum atomic E-state index is -3.76. The standard InChI is InChI=1S/C22H23N4O4S/c1-15-4-3-5-16(12-15)20-10-11-23-22-21(20)17(13-24-22)14-25-31(28,29)19-8-6-18(7-9-19)26(27)30-2/h3-13,22-25H,14H2,1-2H3/q+1. The maximum atomic E-state index is 12.8. The van der Waals surface area contributed by atoms with Crippen LogP contribution in [-0.4, -0.2) is 33.2 Å². The number of rotatable bonds is 7. The molecule has 3 N–H and O–H groups in total. The molecule has 2 aromatic rings. The van der Waals surface area contributed by atoms with Gasteiger partial charge in [-0.1, -0.05) is 29.8 Å². The van der Waals surface area contributed by atoms with Crippen LogP contribution in [0, 0.1) is 11.8 Å². The van der Waals surface area contributed by atoms with E-state index >= 15 is 0 Å². The zero-order chi connectivity index (χ0) is 22.0. The summed E-state index contributed by atoms with van der Waals surface area (Å²) in [6, 6.07) is 13.7. The van der Waals surface area contributed by atoms with E-state index in [2.05, 4.69) is 26.3 Å². The summed E-state index contributed by atoms with van der Waals surface area (Å²) >= 11 is 0. The number of nitrogens with zero attached hydrogens (tertiary/aromatic N) is 1. The van der Waals surface area contributed by atoms with Crippen LogP contribution in [0.5, 0.6) is 0 Å². The molecule has 0 aliphatic carbocycles. The Hall–Kier alpha value is -3.43. The van der Waals surface area contributed by atoms with E-state index in [4.69, 9.17) is 0 Å². The van der Waals surface area contributed by atoms with Gasteiger partial charge in [0.15, 0.2) is 7.11 Å². The molecule has 0 saturated carbocycles. The van der Waals surface area contributed by atoms with Gasteiger partial charge in [-0.3, -0.25) is 0 Å². The predicted octanol–water partition coefficient (Wildman–Crippen LogP) is 2.63. The zero-order valence-electron chi connectivity index (χ0n) is 17.1. The second-order valence-electron chi connectivity index (χ2n) is 7.22. The van der Waals surface area contributed by atoms with Gasteiger partial charge < -0.3 is 10.6 Å². The summed E-state index contributed by atoms with van der Waals surface area (Å²) in [5, 5.41) is 6.51. The van der Waals surface area contributed by atoms with E-state index in [0.717, 1.165) is 27.8 Å². The van der Waals surface area contributed by atoms with Gasteiger partial charge in [0.2, 0.25) is 10.0 Å². The lowest BCUT2D eigenvalue weighted by Crippen LogP contribution is -2.37. The predicted molar refractivity (Wildman–Crippen MR) is 117 cm³/mol. The Morgan fingerprint density at radius 3 is 2.61 bits per heavy atom. The van der Waals surface area contributed by atoms with Crippen LogP contribution in [0.15, 0.2) is 83.0 Å². The molecule has 0 saturated heterocycles. The van der Waals surface area contributed by atoms with E-state index in [0.29, 0.717) is 4.92 Å². The third-order valence-corrected chi connectivity index (χ3v) is 6.58. The molecule has 1 atom stereocenters. The minimum Gasteiger partial charge on any atom is -0.368 e. The largest absolute Gasteiger partial charge is 0.368 e. The Kier molecular flexibility index (Phi) is 5.62. The molecule has 160 valence electrons. The average molecular weight is 440 g/mol. The lowest BCUT2D eigenvalue weighted by atomic mass is 9.92. The molecule has 0 spiro atoms. The van der Waals surface area contributed by atoms with Crippen LogP contribution in [-0.2, 0) is 14.9 Å². The number of aryl methyl sites for hydroxylation is 1. The first-order valence-corrected chi connectivity index (χ1v) is 11.2. The highest BCUT2D eigenvalue weighted by Crippen LogP contribution is 2.32. The first-order valence-electron chi connectivity index (χ1n) is 9.69. The van der Waals surface area contributed by atoms with Crippen molar-refractivity contribution in [2.24, 2.45) is 0 Å². The Bertz CT molecular complexity index is 1210. The molecule has 2 aromatic carbocycles. The second-order valence-corrected chi connectivity index (χ2v) is 8.99. The summed E-state index contributed by atoms with van der Waals surface area (Å²) < 4.78 is 28.2. The monoisotopic (exact) mass is 439 g/mol. The quantitative estimate of drug-likeness (QED) is 0.574. The number of dihydropyridines is 1. The van der Waals surface area contributed by atoms with Crippen molar-refractivity contribution in [1.82, 2.24) is 15.4 Å². The Morgan fingerprint density at radius 1 is 1.13 bits per heavy atom. The van der Waals surface area contributed by atoms with Crippen LogP contribution in [0.2, 0.25) is 0 Å². The smallest absolute Gasteiger partial charge is 0.316 e. The Balaban J connectivity index is 1.56. The highest BCUT2D eigenvalue weighted by Gasteiger charge is 2.29.